The molecule has 3 aliphatic rings. The van der Waals surface area contributed by atoms with Crippen LogP contribution in [0.15, 0.2) is 12.1 Å². The first kappa shape index (κ1) is 19.8. The second-order valence-corrected chi connectivity index (χ2v) is 9.20. The van der Waals surface area contributed by atoms with Crippen LogP contribution in [-0.2, 0) is 22.0 Å². The van der Waals surface area contributed by atoms with E-state index in [1.807, 2.05) is 34.6 Å². The van der Waals surface area contributed by atoms with Crippen molar-refractivity contribution in [1.29, 1.82) is 0 Å². The van der Waals surface area contributed by atoms with Crippen molar-refractivity contribution in [3.8, 4) is 0 Å². The van der Waals surface area contributed by atoms with E-state index in [9.17, 15) is 18.0 Å². The third kappa shape index (κ3) is 3.05. The van der Waals surface area contributed by atoms with Crippen LogP contribution in [-0.4, -0.2) is 35.2 Å². The molecule has 28 heavy (non-hydrogen) atoms. The van der Waals surface area contributed by atoms with Crippen LogP contribution in [0.5, 0.6) is 0 Å². The standard InChI is InChI=1S/C20H25BF3NO3/c1-11(12-6-7-12)25-10-13-8-14(21-27-18(2,3)19(4,5)28-21)9-15(20(22,23)24)16(13)17(25)26/h8-9,11-12H,6-7,10H2,1-5H3/t11-/m0/s1. The minimum atomic E-state index is -4.63. The molecule has 2 heterocycles. The van der Waals surface area contributed by atoms with Crippen LogP contribution in [0.1, 0.15) is 68.9 Å². The van der Waals surface area contributed by atoms with Crippen LogP contribution < -0.4 is 5.46 Å². The Morgan fingerprint density at radius 1 is 1.14 bits per heavy atom. The lowest BCUT2D eigenvalue weighted by Gasteiger charge is -2.32. The van der Waals surface area contributed by atoms with Gasteiger partial charge in [0, 0.05) is 12.6 Å². The first-order valence-electron chi connectivity index (χ1n) is 9.72. The largest absolute Gasteiger partial charge is 0.494 e. The molecule has 1 atom stereocenters. The fourth-order valence-electron chi connectivity index (χ4n) is 4.00. The Labute approximate surface area is 163 Å². The zero-order chi connectivity index (χ0) is 20.6. The van der Waals surface area contributed by atoms with Crippen LogP contribution >= 0.6 is 0 Å². The highest BCUT2D eigenvalue weighted by atomic mass is 19.4. The second kappa shape index (κ2) is 5.98. The molecule has 8 heteroatoms. The average molecular weight is 395 g/mol. The molecule has 0 aromatic heterocycles. The summed E-state index contributed by atoms with van der Waals surface area (Å²) in [5, 5.41) is 0. The van der Waals surface area contributed by atoms with Crippen molar-refractivity contribution in [1.82, 2.24) is 4.90 Å². The molecule has 0 radical (unpaired) electrons. The van der Waals surface area contributed by atoms with E-state index in [4.69, 9.17) is 9.31 Å². The third-order valence-corrected chi connectivity index (χ3v) is 6.68. The van der Waals surface area contributed by atoms with Crippen LogP contribution in [0, 0.1) is 5.92 Å². The van der Waals surface area contributed by atoms with Gasteiger partial charge in [-0.3, -0.25) is 4.79 Å². The van der Waals surface area contributed by atoms with E-state index in [2.05, 4.69) is 0 Å². The lowest BCUT2D eigenvalue weighted by atomic mass is 9.76. The summed E-state index contributed by atoms with van der Waals surface area (Å²) < 4.78 is 53.4. The van der Waals surface area contributed by atoms with Gasteiger partial charge in [-0.05, 0) is 70.5 Å². The topological polar surface area (TPSA) is 38.8 Å². The summed E-state index contributed by atoms with van der Waals surface area (Å²) in [4.78, 5) is 14.4. The molecule has 1 amide bonds. The molecule has 2 aliphatic heterocycles. The lowest BCUT2D eigenvalue weighted by molar-refractivity contribution is -0.137. The molecule has 4 nitrogen and oxygen atoms in total. The molecular formula is C20H25BF3NO3. The van der Waals surface area contributed by atoms with Gasteiger partial charge in [0.1, 0.15) is 0 Å². The zero-order valence-electron chi connectivity index (χ0n) is 16.8. The van der Waals surface area contributed by atoms with Crippen LogP contribution in [0.25, 0.3) is 0 Å². The Kier molecular flexibility index (Phi) is 4.23. The normalized spacial score (nSPS) is 24.6. The van der Waals surface area contributed by atoms with E-state index < -0.39 is 36.0 Å². The molecule has 1 saturated heterocycles. The van der Waals surface area contributed by atoms with Gasteiger partial charge in [-0.15, -0.1) is 0 Å². The number of amides is 1. The summed E-state index contributed by atoms with van der Waals surface area (Å²) in [6, 6.07) is 2.61. The molecule has 152 valence electrons. The van der Waals surface area contributed by atoms with Crippen LogP contribution in [0.3, 0.4) is 0 Å². The summed E-state index contributed by atoms with van der Waals surface area (Å²) >= 11 is 0. The van der Waals surface area contributed by atoms with Crippen molar-refractivity contribution in [2.45, 2.75) is 77.4 Å². The Morgan fingerprint density at radius 2 is 1.71 bits per heavy atom. The van der Waals surface area contributed by atoms with E-state index >= 15 is 0 Å². The maximum Gasteiger partial charge on any atom is 0.494 e. The van der Waals surface area contributed by atoms with E-state index in [0.717, 1.165) is 18.9 Å². The third-order valence-electron chi connectivity index (χ3n) is 6.68. The highest BCUT2D eigenvalue weighted by Gasteiger charge is 2.53. The van der Waals surface area contributed by atoms with Gasteiger partial charge in [0.15, 0.2) is 0 Å². The summed E-state index contributed by atoms with van der Waals surface area (Å²) in [6.07, 6.45) is -2.59. The highest BCUT2D eigenvalue weighted by Crippen LogP contribution is 2.42. The van der Waals surface area contributed by atoms with Crippen molar-refractivity contribution >= 4 is 18.5 Å². The van der Waals surface area contributed by atoms with E-state index in [1.165, 1.54) is 0 Å². The molecule has 2 fully saturated rings. The highest BCUT2D eigenvalue weighted by molar-refractivity contribution is 6.62. The molecule has 0 unspecified atom stereocenters. The van der Waals surface area contributed by atoms with Gasteiger partial charge in [-0.1, -0.05) is 6.07 Å². The van der Waals surface area contributed by atoms with Gasteiger partial charge >= 0.3 is 13.3 Å². The SMILES string of the molecule is C[C@@H](C1CC1)N1Cc2cc(B3OC(C)(C)C(C)(C)O3)cc(C(F)(F)F)c2C1=O. The van der Waals surface area contributed by atoms with Crippen LogP contribution in [0.2, 0.25) is 0 Å². The minimum Gasteiger partial charge on any atom is -0.399 e. The maximum atomic E-state index is 13.8. The number of hydrogen-bond donors (Lipinski definition) is 0. The van der Waals surface area contributed by atoms with Gasteiger partial charge in [0.25, 0.3) is 5.91 Å². The summed E-state index contributed by atoms with van der Waals surface area (Å²) in [5.41, 5.74) is -1.73. The molecule has 1 aromatic rings. The summed E-state index contributed by atoms with van der Waals surface area (Å²) in [5.74, 6) is -0.141. The predicted octanol–water partition coefficient (Wildman–Crippen LogP) is 3.76. The summed E-state index contributed by atoms with van der Waals surface area (Å²) in [7, 11) is -0.901. The molecule has 1 aliphatic carbocycles. The predicted molar refractivity (Wildman–Crippen MR) is 99.2 cm³/mol. The Bertz CT molecular complexity index is 817. The Balaban J connectivity index is 1.75. The average Bonchev–Trinajstić information content (AvgIpc) is 3.31. The molecule has 0 bridgehead atoms. The van der Waals surface area contributed by atoms with Gasteiger partial charge in [0.05, 0.1) is 22.3 Å². The number of nitrogens with zero attached hydrogens (tertiary/aromatic N) is 1. The number of alkyl halides is 3. The Morgan fingerprint density at radius 3 is 2.21 bits per heavy atom. The number of rotatable bonds is 3. The fraction of sp³-hybridized carbons (Fsp3) is 0.650. The van der Waals surface area contributed by atoms with Crippen molar-refractivity contribution < 1.29 is 27.3 Å². The lowest BCUT2D eigenvalue weighted by Crippen LogP contribution is -2.41. The zero-order valence-corrected chi connectivity index (χ0v) is 16.8. The van der Waals surface area contributed by atoms with Gasteiger partial charge in [-0.2, -0.15) is 13.2 Å². The molecule has 0 N–H and O–H groups in total. The van der Waals surface area contributed by atoms with Crippen LogP contribution in [0.4, 0.5) is 13.2 Å². The van der Waals surface area contributed by atoms with Crippen molar-refractivity contribution in [3.63, 3.8) is 0 Å². The molecule has 1 aromatic carbocycles. The smallest absolute Gasteiger partial charge is 0.399 e. The number of fused-ring (bicyclic) bond motifs is 1. The van der Waals surface area contributed by atoms with Crippen molar-refractivity contribution in [2.24, 2.45) is 5.92 Å². The Hall–Kier alpha value is -1.54. The number of carbonyl (C=O) groups excluding carboxylic acids is 1. The maximum absolute atomic E-state index is 13.8. The fourth-order valence-corrected chi connectivity index (χ4v) is 4.00. The molecule has 0 spiro atoms. The molecule has 1 saturated carbocycles. The van der Waals surface area contributed by atoms with E-state index in [0.29, 0.717) is 16.9 Å². The van der Waals surface area contributed by atoms with Gasteiger partial charge in [0.2, 0.25) is 0 Å². The van der Waals surface area contributed by atoms with Gasteiger partial charge in [-0.25, -0.2) is 0 Å². The number of hydrogen-bond acceptors (Lipinski definition) is 3. The van der Waals surface area contributed by atoms with E-state index in [-0.39, 0.29) is 18.2 Å². The molecular weight excluding hydrogens is 370 g/mol. The number of carbonyl (C=O) groups is 1. The van der Waals surface area contributed by atoms with E-state index in [1.54, 1.807) is 11.0 Å². The minimum absolute atomic E-state index is 0.0544. The summed E-state index contributed by atoms with van der Waals surface area (Å²) in [6.45, 7) is 9.54. The molecule has 4 rings (SSSR count). The van der Waals surface area contributed by atoms with Gasteiger partial charge < -0.3 is 14.2 Å². The van der Waals surface area contributed by atoms with Crippen molar-refractivity contribution in [2.75, 3.05) is 0 Å². The number of halogens is 3. The first-order chi connectivity index (χ1) is 12.8. The quantitative estimate of drug-likeness (QED) is 0.732. The number of benzene rings is 1. The van der Waals surface area contributed by atoms with Crippen molar-refractivity contribution in [3.05, 3.63) is 28.8 Å². The first-order valence-corrected chi connectivity index (χ1v) is 9.72. The monoisotopic (exact) mass is 395 g/mol. The second-order valence-electron chi connectivity index (χ2n) is 9.20.